The Balaban J connectivity index is 1.52. The van der Waals surface area contributed by atoms with Crippen LogP contribution in [0, 0.1) is 5.92 Å². The Morgan fingerprint density at radius 1 is 1.23 bits per heavy atom. The first-order chi connectivity index (χ1) is 12.3. The molecule has 2 heterocycles. The van der Waals surface area contributed by atoms with Crippen molar-refractivity contribution in [2.24, 2.45) is 11.7 Å². The molecule has 2 fully saturated rings. The van der Waals surface area contributed by atoms with Gasteiger partial charge in [0.15, 0.2) is 9.84 Å². The maximum atomic E-state index is 12.3. The molecule has 0 bridgehead atoms. The van der Waals surface area contributed by atoms with Crippen molar-refractivity contribution in [3.63, 3.8) is 0 Å². The molecule has 9 heteroatoms. The summed E-state index contributed by atoms with van der Waals surface area (Å²) in [5, 5.41) is 2.22. The molecule has 3 N–H and O–H groups in total. The number of fused-ring (bicyclic) bond motifs is 1. The number of nitrogens with two attached hydrogens (primary N) is 1. The zero-order valence-corrected chi connectivity index (χ0v) is 15.2. The van der Waals surface area contributed by atoms with Gasteiger partial charge in [0.2, 0.25) is 11.8 Å². The third kappa shape index (κ3) is 4.40. The normalized spacial score (nSPS) is 27.2. The molecule has 1 aromatic rings. The third-order valence-electron chi connectivity index (χ3n) is 4.85. The molecule has 3 atom stereocenters. The minimum absolute atomic E-state index is 0.0311. The zero-order chi connectivity index (χ0) is 18.7. The predicted molar refractivity (Wildman–Crippen MR) is 94.7 cm³/mol. The summed E-state index contributed by atoms with van der Waals surface area (Å²) >= 11 is 0. The van der Waals surface area contributed by atoms with Crippen molar-refractivity contribution in [2.45, 2.75) is 17.9 Å². The average molecular weight is 381 g/mol. The molecule has 1 aromatic carbocycles. The largest absolute Gasteiger partial charge is 0.369 e. The molecule has 0 spiro atoms. The number of likely N-dealkylation sites (tertiary alicyclic amines) is 1. The highest BCUT2D eigenvalue weighted by Crippen LogP contribution is 2.33. The van der Waals surface area contributed by atoms with Gasteiger partial charge >= 0.3 is 0 Å². The number of carbonyl (C=O) groups excluding carboxylic acids is 2. The minimum atomic E-state index is -3.30. The Hall–Kier alpha value is -1.97. The number of sulfone groups is 1. The van der Waals surface area contributed by atoms with Gasteiger partial charge in [-0.1, -0.05) is 30.3 Å². The van der Waals surface area contributed by atoms with Crippen LogP contribution in [-0.2, 0) is 30.8 Å². The van der Waals surface area contributed by atoms with E-state index >= 15 is 0 Å². The van der Waals surface area contributed by atoms with E-state index in [-0.39, 0.29) is 37.3 Å². The van der Waals surface area contributed by atoms with Crippen LogP contribution in [0.4, 0.5) is 0 Å². The molecule has 2 amide bonds. The van der Waals surface area contributed by atoms with Crippen molar-refractivity contribution in [2.75, 3.05) is 32.0 Å². The molecule has 0 saturated carbocycles. The molecule has 0 aliphatic carbocycles. The van der Waals surface area contributed by atoms with E-state index in [1.54, 1.807) is 4.90 Å². The van der Waals surface area contributed by atoms with E-state index in [9.17, 15) is 18.0 Å². The first-order valence-corrected chi connectivity index (χ1v) is 10.2. The highest BCUT2D eigenvalue weighted by atomic mass is 32.2. The molecule has 142 valence electrons. The molecule has 0 unspecified atom stereocenters. The van der Waals surface area contributed by atoms with Gasteiger partial charge in [-0.05, 0) is 5.56 Å². The van der Waals surface area contributed by atoms with Crippen LogP contribution < -0.4 is 11.1 Å². The summed E-state index contributed by atoms with van der Waals surface area (Å²) in [6.07, 6.45) is 0. The average Bonchev–Trinajstić information content (AvgIpc) is 3.07. The number of benzene rings is 1. The fourth-order valence-corrected chi connectivity index (χ4v) is 6.05. The van der Waals surface area contributed by atoms with Gasteiger partial charge in [-0.25, -0.2) is 8.42 Å². The molecule has 2 saturated heterocycles. The Bertz CT molecular complexity index is 768. The Kier molecular flexibility index (Phi) is 5.59. The topological polar surface area (TPSA) is 119 Å². The van der Waals surface area contributed by atoms with Gasteiger partial charge in [0.05, 0.1) is 24.2 Å². The molecule has 0 aromatic heterocycles. The molecule has 2 aliphatic rings. The molecular weight excluding hydrogens is 358 g/mol. The van der Waals surface area contributed by atoms with Crippen LogP contribution in [0.1, 0.15) is 5.56 Å². The van der Waals surface area contributed by atoms with Gasteiger partial charge < -0.3 is 15.8 Å². The van der Waals surface area contributed by atoms with Gasteiger partial charge in [0.25, 0.3) is 0 Å². The number of rotatable bonds is 7. The monoisotopic (exact) mass is 381 g/mol. The van der Waals surface area contributed by atoms with Crippen molar-refractivity contribution in [1.29, 1.82) is 0 Å². The maximum Gasteiger partial charge on any atom is 0.246 e. The van der Waals surface area contributed by atoms with Crippen LogP contribution in [0.15, 0.2) is 30.3 Å². The van der Waals surface area contributed by atoms with Gasteiger partial charge in [-0.15, -0.1) is 0 Å². The van der Waals surface area contributed by atoms with Crippen molar-refractivity contribution >= 4 is 21.7 Å². The van der Waals surface area contributed by atoms with Gasteiger partial charge in [0, 0.05) is 25.0 Å². The second-order valence-corrected chi connectivity index (χ2v) is 9.11. The van der Waals surface area contributed by atoms with E-state index in [1.807, 2.05) is 30.3 Å². The molecule has 8 nitrogen and oxygen atoms in total. The van der Waals surface area contributed by atoms with Crippen LogP contribution in [0.5, 0.6) is 0 Å². The van der Waals surface area contributed by atoms with E-state index in [0.29, 0.717) is 13.2 Å². The summed E-state index contributed by atoms with van der Waals surface area (Å²) in [6.45, 7) is 0.933. The van der Waals surface area contributed by atoms with Crippen molar-refractivity contribution in [3.05, 3.63) is 35.9 Å². The van der Waals surface area contributed by atoms with Crippen molar-refractivity contribution in [1.82, 2.24) is 10.2 Å². The predicted octanol–water partition coefficient (Wildman–Crippen LogP) is -1.10. The number of amides is 2. The fourth-order valence-electron chi connectivity index (χ4n) is 3.73. The first kappa shape index (κ1) is 18.8. The number of carbonyl (C=O) groups is 2. The number of nitrogens with zero attached hydrogens (tertiary/aromatic N) is 1. The van der Waals surface area contributed by atoms with Gasteiger partial charge in [0.1, 0.15) is 6.61 Å². The van der Waals surface area contributed by atoms with E-state index < -0.39 is 27.0 Å². The molecule has 26 heavy (non-hydrogen) atoms. The van der Waals surface area contributed by atoms with Crippen LogP contribution in [0.25, 0.3) is 0 Å². The van der Waals surface area contributed by atoms with Crippen LogP contribution in [0.2, 0.25) is 0 Å². The quantitative estimate of drug-likeness (QED) is 0.619. The number of nitrogens with one attached hydrogen (secondary N) is 1. The van der Waals surface area contributed by atoms with Crippen LogP contribution in [-0.4, -0.2) is 68.4 Å². The SMILES string of the molecule is NC(=O)CN1C[C@H]2[C@H](NC(=O)COCc3ccccc3)CS(=O)(=O)[C@H]2C1. The van der Waals surface area contributed by atoms with Gasteiger partial charge in [-0.3, -0.25) is 14.5 Å². The van der Waals surface area contributed by atoms with Crippen LogP contribution in [0.3, 0.4) is 0 Å². The second kappa shape index (κ2) is 7.73. The summed E-state index contributed by atoms with van der Waals surface area (Å²) < 4.78 is 30.1. The summed E-state index contributed by atoms with van der Waals surface area (Å²) in [7, 11) is -3.30. The number of primary amides is 1. The van der Waals surface area contributed by atoms with E-state index in [4.69, 9.17) is 10.5 Å². The Morgan fingerprint density at radius 3 is 2.65 bits per heavy atom. The number of hydrogen-bond acceptors (Lipinski definition) is 6. The Morgan fingerprint density at radius 2 is 1.96 bits per heavy atom. The number of ether oxygens (including phenoxy) is 1. The van der Waals surface area contributed by atoms with E-state index in [2.05, 4.69) is 5.32 Å². The molecule has 2 aliphatic heterocycles. The highest BCUT2D eigenvalue weighted by molar-refractivity contribution is 7.92. The lowest BCUT2D eigenvalue weighted by atomic mass is 10.0. The standard InChI is InChI=1S/C17H23N3O5S/c18-16(21)8-20-6-13-14(11-26(23,24)15(13)7-20)19-17(22)10-25-9-12-4-2-1-3-5-12/h1-5,13-15H,6-11H2,(H2,18,21)(H,19,22)/t13-,14+,15-/m0/s1. The van der Waals surface area contributed by atoms with E-state index in [0.717, 1.165) is 5.56 Å². The number of hydrogen-bond donors (Lipinski definition) is 2. The summed E-state index contributed by atoms with van der Waals surface area (Å²) in [5.41, 5.74) is 6.15. The summed E-state index contributed by atoms with van der Waals surface area (Å²) in [4.78, 5) is 24.9. The lowest BCUT2D eigenvalue weighted by Crippen LogP contribution is -2.44. The summed E-state index contributed by atoms with van der Waals surface area (Å²) in [6, 6.07) is 9.02. The van der Waals surface area contributed by atoms with Gasteiger partial charge in [-0.2, -0.15) is 0 Å². The molecular formula is C17H23N3O5S. The zero-order valence-electron chi connectivity index (χ0n) is 14.3. The second-order valence-electron chi connectivity index (χ2n) is 6.84. The van der Waals surface area contributed by atoms with Crippen LogP contribution >= 0.6 is 0 Å². The fraction of sp³-hybridized carbons (Fsp3) is 0.529. The first-order valence-electron chi connectivity index (χ1n) is 8.48. The smallest absolute Gasteiger partial charge is 0.246 e. The third-order valence-corrected chi connectivity index (χ3v) is 7.09. The molecule has 3 rings (SSSR count). The minimum Gasteiger partial charge on any atom is -0.369 e. The lowest BCUT2D eigenvalue weighted by Gasteiger charge is -2.20. The molecule has 0 radical (unpaired) electrons. The maximum absolute atomic E-state index is 12.3. The van der Waals surface area contributed by atoms with E-state index in [1.165, 1.54) is 0 Å². The highest BCUT2D eigenvalue weighted by Gasteiger charge is 2.52. The van der Waals surface area contributed by atoms with Crippen molar-refractivity contribution in [3.8, 4) is 0 Å². The lowest BCUT2D eigenvalue weighted by molar-refractivity contribution is -0.127. The Labute approximate surface area is 152 Å². The van der Waals surface area contributed by atoms with Crippen molar-refractivity contribution < 1.29 is 22.7 Å². The summed E-state index contributed by atoms with van der Waals surface area (Å²) in [5.74, 6) is -1.12.